The minimum absolute atomic E-state index is 0. The summed E-state index contributed by atoms with van der Waals surface area (Å²) in [4.78, 5) is 20.1. The van der Waals surface area contributed by atoms with Gasteiger partial charge in [0.1, 0.15) is 0 Å². The molecule has 18 heavy (non-hydrogen) atoms. The molecule has 0 radical (unpaired) electrons. The van der Waals surface area contributed by atoms with E-state index in [4.69, 9.17) is 0 Å². The van der Waals surface area contributed by atoms with Gasteiger partial charge in [-0.05, 0) is 25.2 Å². The SMILES string of the molecule is CNCCNC(=O)c1ccc2nccnc2c1.Cl. The van der Waals surface area contributed by atoms with Crippen LogP contribution in [0.3, 0.4) is 0 Å². The minimum Gasteiger partial charge on any atom is -0.351 e. The van der Waals surface area contributed by atoms with E-state index >= 15 is 0 Å². The van der Waals surface area contributed by atoms with Crippen molar-refractivity contribution in [1.82, 2.24) is 20.6 Å². The molecule has 0 unspecified atom stereocenters. The van der Waals surface area contributed by atoms with Gasteiger partial charge in [0.15, 0.2) is 0 Å². The molecule has 1 aromatic carbocycles. The Bertz CT molecular complexity index is 532. The van der Waals surface area contributed by atoms with E-state index in [0.717, 1.165) is 17.6 Å². The number of carbonyl (C=O) groups excluding carboxylic acids is 1. The second-order valence-electron chi connectivity index (χ2n) is 3.62. The molecule has 1 heterocycles. The van der Waals surface area contributed by atoms with Crippen LogP contribution in [0.1, 0.15) is 10.4 Å². The predicted molar refractivity (Wildman–Crippen MR) is 73.0 cm³/mol. The van der Waals surface area contributed by atoms with Crippen molar-refractivity contribution in [3.63, 3.8) is 0 Å². The monoisotopic (exact) mass is 266 g/mol. The van der Waals surface area contributed by atoms with E-state index in [-0.39, 0.29) is 18.3 Å². The molecule has 0 aliphatic rings. The Morgan fingerprint density at radius 2 is 1.89 bits per heavy atom. The Balaban J connectivity index is 0.00000162. The van der Waals surface area contributed by atoms with Gasteiger partial charge < -0.3 is 10.6 Å². The van der Waals surface area contributed by atoms with Crippen LogP contribution in [-0.2, 0) is 0 Å². The van der Waals surface area contributed by atoms with Gasteiger partial charge in [-0.2, -0.15) is 0 Å². The summed E-state index contributed by atoms with van der Waals surface area (Å²) in [5.41, 5.74) is 2.13. The molecular formula is C12H15ClN4O. The smallest absolute Gasteiger partial charge is 0.251 e. The largest absolute Gasteiger partial charge is 0.351 e. The van der Waals surface area contributed by atoms with E-state index in [0.29, 0.717) is 12.1 Å². The number of carbonyl (C=O) groups is 1. The van der Waals surface area contributed by atoms with Crippen LogP contribution < -0.4 is 10.6 Å². The van der Waals surface area contributed by atoms with Crippen molar-refractivity contribution in [1.29, 1.82) is 0 Å². The molecule has 0 spiro atoms. The molecule has 0 saturated heterocycles. The van der Waals surface area contributed by atoms with Crippen LogP contribution >= 0.6 is 12.4 Å². The highest BCUT2D eigenvalue weighted by Crippen LogP contribution is 2.10. The Labute approximate surface area is 111 Å². The maximum absolute atomic E-state index is 11.8. The summed E-state index contributed by atoms with van der Waals surface area (Å²) in [6, 6.07) is 5.30. The van der Waals surface area contributed by atoms with E-state index in [9.17, 15) is 4.79 Å². The quantitative estimate of drug-likeness (QED) is 0.811. The number of nitrogens with one attached hydrogen (secondary N) is 2. The fourth-order valence-corrected chi connectivity index (χ4v) is 1.51. The van der Waals surface area contributed by atoms with Crippen LogP contribution in [-0.4, -0.2) is 36.0 Å². The molecule has 5 nitrogen and oxygen atoms in total. The van der Waals surface area contributed by atoms with E-state index in [1.165, 1.54) is 0 Å². The van der Waals surface area contributed by atoms with Gasteiger partial charge in [-0.1, -0.05) is 0 Å². The second kappa shape index (κ2) is 6.88. The van der Waals surface area contributed by atoms with Crippen LogP contribution in [0, 0.1) is 0 Å². The van der Waals surface area contributed by atoms with E-state index in [1.54, 1.807) is 30.6 Å². The number of rotatable bonds is 4. The van der Waals surface area contributed by atoms with Gasteiger partial charge in [-0.15, -0.1) is 12.4 Å². The number of fused-ring (bicyclic) bond motifs is 1. The molecule has 0 atom stereocenters. The molecule has 2 rings (SSSR count). The first-order valence-corrected chi connectivity index (χ1v) is 5.45. The highest BCUT2D eigenvalue weighted by atomic mass is 35.5. The van der Waals surface area contributed by atoms with Crippen LogP contribution in [0.4, 0.5) is 0 Å². The summed E-state index contributed by atoms with van der Waals surface area (Å²) in [5, 5.41) is 5.78. The van der Waals surface area contributed by atoms with E-state index in [2.05, 4.69) is 20.6 Å². The zero-order valence-corrected chi connectivity index (χ0v) is 10.8. The zero-order chi connectivity index (χ0) is 12.1. The number of likely N-dealkylation sites (N-methyl/N-ethyl adjacent to an activating group) is 1. The highest BCUT2D eigenvalue weighted by Gasteiger charge is 2.05. The number of nitrogens with zero attached hydrogens (tertiary/aromatic N) is 2. The predicted octanol–water partition coefficient (Wildman–Crippen LogP) is 1.00. The molecule has 2 aromatic rings. The Hall–Kier alpha value is -1.72. The number of aromatic nitrogens is 2. The molecule has 0 aliphatic heterocycles. The van der Waals surface area contributed by atoms with Gasteiger partial charge >= 0.3 is 0 Å². The first kappa shape index (κ1) is 14.3. The standard InChI is InChI=1S/C12H14N4O.ClH/c1-13-4-5-16-12(17)9-2-3-10-11(8-9)15-7-6-14-10;/h2-3,6-8,13H,4-5H2,1H3,(H,16,17);1H. The maximum atomic E-state index is 11.8. The number of hydrogen-bond donors (Lipinski definition) is 2. The topological polar surface area (TPSA) is 66.9 Å². The molecule has 0 saturated carbocycles. The molecule has 0 aliphatic carbocycles. The summed E-state index contributed by atoms with van der Waals surface area (Å²) >= 11 is 0. The summed E-state index contributed by atoms with van der Waals surface area (Å²) in [6.45, 7) is 1.35. The lowest BCUT2D eigenvalue weighted by atomic mass is 10.2. The summed E-state index contributed by atoms with van der Waals surface area (Å²) in [7, 11) is 1.85. The first-order valence-electron chi connectivity index (χ1n) is 5.45. The van der Waals surface area contributed by atoms with E-state index < -0.39 is 0 Å². The van der Waals surface area contributed by atoms with Crippen LogP contribution in [0.2, 0.25) is 0 Å². The number of amides is 1. The Kier molecular flexibility index (Phi) is 5.48. The van der Waals surface area contributed by atoms with Crippen molar-refractivity contribution in [3.05, 3.63) is 36.2 Å². The van der Waals surface area contributed by atoms with Crippen molar-refractivity contribution in [2.45, 2.75) is 0 Å². The van der Waals surface area contributed by atoms with Gasteiger partial charge in [0.05, 0.1) is 11.0 Å². The summed E-state index contributed by atoms with van der Waals surface area (Å²) in [6.07, 6.45) is 3.25. The molecule has 6 heteroatoms. The third-order valence-corrected chi connectivity index (χ3v) is 2.39. The lowest BCUT2D eigenvalue weighted by molar-refractivity contribution is 0.0954. The first-order chi connectivity index (χ1) is 8.31. The number of halogens is 1. The zero-order valence-electron chi connectivity index (χ0n) is 10.0. The van der Waals surface area contributed by atoms with Crippen LogP contribution in [0.15, 0.2) is 30.6 Å². The molecule has 0 fully saturated rings. The normalized spacial score (nSPS) is 9.83. The van der Waals surface area contributed by atoms with Crippen molar-refractivity contribution >= 4 is 29.3 Å². The van der Waals surface area contributed by atoms with Crippen LogP contribution in [0.5, 0.6) is 0 Å². The van der Waals surface area contributed by atoms with Gasteiger partial charge in [0.2, 0.25) is 0 Å². The van der Waals surface area contributed by atoms with Gasteiger partial charge in [0, 0.05) is 31.0 Å². The number of benzene rings is 1. The highest BCUT2D eigenvalue weighted by molar-refractivity contribution is 5.97. The van der Waals surface area contributed by atoms with Gasteiger partial charge in [-0.25, -0.2) is 0 Å². The fourth-order valence-electron chi connectivity index (χ4n) is 1.51. The molecule has 2 N–H and O–H groups in total. The lowest BCUT2D eigenvalue weighted by Gasteiger charge is -2.05. The molecule has 1 aromatic heterocycles. The minimum atomic E-state index is -0.0900. The lowest BCUT2D eigenvalue weighted by Crippen LogP contribution is -2.30. The summed E-state index contributed by atoms with van der Waals surface area (Å²) < 4.78 is 0. The molecule has 96 valence electrons. The Morgan fingerprint density at radius 3 is 2.61 bits per heavy atom. The van der Waals surface area contributed by atoms with E-state index in [1.807, 2.05) is 7.05 Å². The molecule has 0 bridgehead atoms. The average Bonchev–Trinajstić information content (AvgIpc) is 2.38. The second-order valence-corrected chi connectivity index (χ2v) is 3.62. The van der Waals surface area contributed by atoms with Crippen molar-refractivity contribution in [2.75, 3.05) is 20.1 Å². The number of hydrogen-bond acceptors (Lipinski definition) is 4. The van der Waals surface area contributed by atoms with Crippen LogP contribution in [0.25, 0.3) is 11.0 Å². The van der Waals surface area contributed by atoms with Gasteiger partial charge in [0.25, 0.3) is 5.91 Å². The Morgan fingerprint density at radius 1 is 1.17 bits per heavy atom. The maximum Gasteiger partial charge on any atom is 0.251 e. The van der Waals surface area contributed by atoms with Crippen molar-refractivity contribution in [3.8, 4) is 0 Å². The van der Waals surface area contributed by atoms with Gasteiger partial charge in [-0.3, -0.25) is 14.8 Å². The van der Waals surface area contributed by atoms with Crippen molar-refractivity contribution in [2.24, 2.45) is 0 Å². The third kappa shape index (κ3) is 3.38. The average molecular weight is 267 g/mol. The summed E-state index contributed by atoms with van der Waals surface area (Å²) in [5.74, 6) is -0.0900. The van der Waals surface area contributed by atoms with Crippen molar-refractivity contribution < 1.29 is 4.79 Å². The third-order valence-electron chi connectivity index (χ3n) is 2.39. The molecule has 1 amide bonds. The fraction of sp³-hybridized carbons (Fsp3) is 0.250. The molecular weight excluding hydrogens is 252 g/mol.